The normalized spacial score (nSPS) is 52.0. The topological polar surface area (TPSA) is 54.4 Å². The van der Waals surface area contributed by atoms with Crippen LogP contribution in [0.4, 0.5) is 0 Å². The number of carbonyl (C=O) groups excluding carboxylic acids is 2. The van der Waals surface area contributed by atoms with E-state index in [1.807, 2.05) is 6.08 Å². The highest BCUT2D eigenvalue weighted by Crippen LogP contribution is 2.68. The van der Waals surface area contributed by atoms with Gasteiger partial charge in [-0.2, -0.15) is 0 Å². The van der Waals surface area contributed by atoms with Gasteiger partial charge in [0, 0.05) is 11.8 Å². The summed E-state index contributed by atoms with van der Waals surface area (Å²) in [4.78, 5) is 24.2. The van der Waals surface area contributed by atoms with Gasteiger partial charge < -0.3 is 5.11 Å². The summed E-state index contributed by atoms with van der Waals surface area (Å²) in [5.41, 5.74) is -0.0844. The molecule has 0 bridgehead atoms. The molecule has 4 aliphatic rings. The number of ketones is 2. The molecule has 0 aliphatic heterocycles. The van der Waals surface area contributed by atoms with Crippen molar-refractivity contribution < 1.29 is 14.7 Å². The summed E-state index contributed by atoms with van der Waals surface area (Å²) in [6, 6.07) is 0. The third-order valence-electron chi connectivity index (χ3n) is 8.67. The Labute approximate surface area is 158 Å². The van der Waals surface area contributed by atoms with Crippen LogP contribution in [0.15, 0.2) is 11.6 Å². The van der Waals surface area contributed by atoms with Gasteiger partial charge in [0.05, 0.1) is 4.83 Å². The predicted molar refractivity (Wildman–Crippen MR) is 100 cm³/mol. The lowest BCUT2D eigenvalue weighted by Gasteiger charge is -2.58. The van der Waals surface area contributed by atoms with Crippen molar-refractivity contribution in [2.24, 2.45) is 28.6 Å². The predicted octanol–water partition coefficient (Wildman–Crippen LogP) is 4.21. The van der Waals surface area contributed by atoms with Gasteiger partial charge in [0.1, 0.15) is 5.60 Å². The third-order valence-corrected chi connectivity index (χ3v) is 9.71. The molecule has 3 nitrogen and oxygen atoms in total. The van der Waals surface area contributed by atoms with E-state index in [4.69, 9.17) is 0 Å². The van der Waals surface area contributed by atoms with Gasteiger partial charge in [-0.15, -0.1) is 0 Å². The van der Waals surface area contributed by atoms with Crippen molar-refractivity contribution in [1.82, 2.24) is 0 Å². The van der Waals surface area contributed by atoms with Crippen molar-refractivity contribution in [2.45, 2.75) is 76.1 Å². The van der Waals surface area contributed by atoms with Crippen molar-refractivity contribution >= 4 is 27.5 Å². The maximum Gasteiger partial charge on any atom is 0.163 e. The first-order chi connectivity index (χ1) is 11.6. The van der Waals surface area contributed by atoms with Crippen LogP contribution in [0, 0.1) is 28.6 Å². The van der Waals surface area contributed by atoms with Crippen molar-refractivity contribution in [3.63, 3.8) is 0 Å². The van der Waals surface area contributed by atoms with Crippen LogP contribution in [-0.2, 0) is 9.59 Å². The van der Waals surface area contributed by atoms with E-state index in [0.717, 1.165) is 38.5 Å². The largest absolute Gasteiger partial charge is 0.380 e. The molecule has 3 saturated carbocycles. The second kappa shape index (κ2) is 5.51. The van der Waals surface area contributed by atoms with Crippen LogP contribution in [0.3, 0.4) is 0 Å². The minimum Gasteiger partial charge on any atom is -0.380 e. The van der Waals surface area contributed by atoms with Gasteiger partial charge in [-0.1, -0.05) is 35.4 Å². The average molecular weight is 409 g/mol. The van der Waals surface area contributed by atoms with Crippen LogP contribution < -0.4 is 0 Å². The van der Waals surface area contributed by atoms with Crippen molar-refractivity contribution in [1.29, 1.82) is 0 Å². The Kier molecular flexibility index (Phi) is 3.95. The van der Waals surface area contributed by atoms with Gasteiger partial charge in [0.25, 0.3) is 0 Å². The Bertz CT molecular complexity index is 670. The zero-order chi connectivity index (χ0) is 18.2. The summed E-state index contributed by atoms with van der Waals surface area (Å²) in [5.74, 6) is 1.69. The number of rotatable bonds is 1. The molecule has 0 spiro atoms. The number of halogens is 1. The van der Waals surface area contributed by atoms with Crippen molar-refractivity contribution in [3.05, 3.63) is 11.6 Å². The maximum absolute atomic E-state index is 12.4. The Balaban J connectivity index is 1.72. The first-order valence-corrected chi connectivity index (χ1v) is 10.7. The molecule has 1 N–H and O–H groups in total. The number of alkyl halides is 1. The molecule has 0 radical (unpaired) electrons. The van der Waals surface area contributed by atoms with E-state index < -0.39 is 5.60 Å². The van der Waals surface area contributed by atoms with E-state index in [-0.39, 0.29) is 21.4 Å². The Morgan fingerprint density at radius 3 is 2.60 bits per heavy atom. The summed E-state index contributed by atoms with van der Waals surface area (Å²) in [6.07, 6.45) is 8.49. The van der Waals surface area contributed by atoms with Gasteiger partial charge in [0.2, 0.25) is 0 Å². The quantitative estimate of drug-likeness (QED) is 0.660. The summed E-state index contributed by atoms with van der Waals surface area (Å²) < 4.78 is 0. The van der Waals surface area contributed by atoms with Crippen molar-refractivity contribution in [3.8, 4) is 0 Å². The third kappa shape index (κ3) is 2.13. The molecule has 3 fully saturated rings. The Hall–Kier alpha value is -0.480. The second-order valence-electron chi connectivity index (χ2n) is 9.45. The van der Waals surface area contributed by atoms with E-state index in [1.165, 1.54) is 5.57 Å². The molecule has 0 aromatic rings. The van der Waals surface area contributed by atoms with Crippen LogP contribution in [0.5, 0.6) is 0 Å². The van der Waals surface area contributed by atoms with Gasteiger partial charge in [0.15, 0.2) is 11.6 Å². The SMILES string of the molecule is CC(=O)[C@@]1(O)[C@H](Br)C[C@H]2[C@@H]3CCC4=CC(=O)CC[C@]4(C)[C@@H]3CC[C@@]21C. The maximum atomic E-state index is 12.4. The second-order valence-corrected chi connectivity index (χ2v) is 10.6. The average Bonchev–Trinajstić information content (AvgIpc) is 2.77. The zero-order valence-corrected chi connectivity index (χ0v) is 17.1. The number of allylic oxidation sites excluding steroid dienone is 1. The highest BCUT2D eigenvalue weighted by molar-refractivity contribution is 9.09. The number of hydrogen-bond acceptors (Lipinski definition) is 3. The minimum absolute atomic E-state index is 0.0938. The van der Waals surface area contributed by atoms with Gasteiger partial charge >= 0.3 is 0 Å². The van der Waals surface area contributed by atoms with Crippen LogP contribution in [0.1, 0.15) is 65.7 Å². The molecule has 25 heavy (non-hydrogen) atoms. The molecule has 0 saturated heterocycles. The number of carbonyl (C=O) groups is 2. The van der Waals surface area contributed by atoms with Gasteiger partial charge in [-0.3, -0.25) is 9.59 Å². The number of aliphatic hydroxyl groups is 1. The summed E-state index contributed by atoms with van der Waals surface area (Å²) in [5, 5.41) is 11.4. The van der Waals surface area contributed by atoms with E-state index in [2.05, 4.69) is 29.8 Å². The number of fused-ring (bicyclic) bond motifs is 5. The van der Waals surface area contributed by atoms with E-state index >= 15 is 0 Å². The fourth-order valence-electron chi connectivity index (χ4n) is 7.16. The molecule has 0 aromatic carbocycles. The lowest BCUT2D eigenvalue weighted by molar-refractivity contribution is -0.159. The fourth-order valence-corrected chi connectivity index (χ4v) is 8.41. The molecule has 0 amide bonds. The molecular weight excluding hydrogens is 380 g/mol. The minimum atomic E-state index is -1.25. The van der Waals surface area contributed by atoms with Crippen molar-refractivity contribution in [2.75, 3.05) is 0 Å². The molecule has 4 rings (SSSR count). The standard InChI is InChI=1S/C21H29BrO3/c1-12(23)21(25)18(22)11-17-15-5-4-13-10-14(24)6-8-19(13,2)16(15)7-9-20(17,21)3/h10,15-18,25H,4-9,11H2,1-3H3/t15-,16-,17+,18-,19+,20+,21-/m1/s1. The zero-order valence-electron chi connectivity index (χ0n) is 15.5. The van der Waals surface area contributed by atoms with E-state index in [9.17, 15) is 14.7 Å². The monoisotopic (exact) mass is 408 g/mol. The molecule has 0 aromatic heterocycles. The summed E-state index contributed by atoms with van der Waals surface area (Å²) in [7, 11) is 0. The lowest BCUT2D eigenvalue weighted by Crippen LogP contribution is -2.59. The molecular formula is C21H29BrO3. The summed E-state index contributed by atoms with van der Waals surface area (Å²) in [6.45, 7) is 6.06. The number of Topliss-reactive ketones (excluding diaryl/α,β-unsaturated/α-hetero) is 1. The molecule has 4 aliphatic carbocycles. The first kappa shape index (κ1) is 17.9. The van der Waals surface area contributed by atoms with Crippen LogP contribution >= 0.6 is 15.9 Å². The van der Waals surface area contributed by atoms with Crippen LogP contribution in [0.25, 0.3) is 0 Å². The first-order valence-electron chi connectivity index (χ1n) is 9.76. The van der Waals surface area contributed by atoms with E-state index in [1.54, 1.807) is 6.92 Å². The molecule has 0 unspecified atom stereocenters. The molecule has 0 heterocycles. The van der Waals surface area contributed by atoms with Gasteiger partial charge in [-0.25, -0.2) is 0 Å². The highest BCUT2D eigenvalue weighted by Gasteiger charge is 2.68. The van der Waals surface area contributed by atoms with E-state index in [0.29, 0.717) is 30.0 Å². The Morgan fingerprint density at radius 2 is 1.92 bits per heavy atom. The summed E-state index contributed by atoms with van der Waals surface area (Å²) >= 11 is 3.67. The fraction of sp³-hybridized carbons (Fsp3) is 0.810. The van der Waals surface area contributed by atoms with Crippen LogP contribution in [-0.4, -0.2) is 27.1 Å². The lowest BCUT2D eigenvalue weighted by atomic mass is 9.46. The Morgan fingerprint density at radius 1 is 1.20 bits per heavy atom. The smallest absolute Gasteiger partial charge is 0.163 e. The molecule has 138 valence electrons. The molecule has 7 atom stereocenters. The highest BCUT2D eigenvalue weighted by atomic mass is 79.9. The van der Waals surface area contributed by atoms with Crippen LogP contribution in [0.2, 0.25) is 0 Å². The molecule has 4 heteroatoms. The number of hydrogen-bond donors (Lipinski definition) is 1. The van der Waals surface area contributed by atoms with Gasteiger partial charge in [-0.05, 0) is 74.7 Å².